The summed E-state index contributed by atoms with van der Waals surface area (Å²) in [6, 6.07) is 8.73. The number of nitrogens with one attached hydrogen (secondary N) is 1. The van der Waals surface area contributed by atoms with Crippen molar-refractivity contribution < 1.29 is 47.2 Å². The number of anilines is 1. The highest BCUT2D eigenvalue weighted by Crippen LogP contribution is 2.68. The third kappa shape index (κ3) is 6.01. The molecule has 3 aromatic rings. The van der Waals surface area contributed by atoms with Crippen molar-refractivity contribution in [3.63, 3.8) is 0 Å². The van der Waals surface area contributed by atoms with E-state index in [0.717, 1.165) is 40.9 Å². The molecule has 1 unspecified atom stereocenters. The van der Waals surface area contributed by atoms with Gasteiger partial charge in [0.15, 0.2) is 6.10 Å². The van der Waals surface area contributed by atoms with Gasteiger partial charge in [-0.3, -0.25) is 19.4 Å². The van der Waals surface area contributed by atoms with E-state index in [2.05, 4.69) is 28.9 Å². The van der Waals surface area contributed by atoms with E-state index >= 15 is 13.6 Å². The van der Waals surface area contributed by atoms with Gasteiger partial charge in [0.05, 0.1) is 27.4 Å². The van der Waals surface area contributed by atoms with Crippen molar-refractivity contribution in [3.05, 3.63) is 70.4 Å². The minimum Gasteiger partial charge on any atom is -0.496 e. The minimum absolute atomic E-state index is 0.123. The molecule has 1 saturated carbocycles. The lowest BCUT2D eigenvalue weighted by molar-refractivity contribution is -0.228. The Morgan fingerprint density at radius 3 is 2.37 bits per heavy atom. The molecule has 62 heavy (non-hydrogen) atoms. The van der Waals surface area contributed by atoms with Crippen LogP contribution in [0.3, 0.4) is 0 Å². The van der Waals surface area contributed by atoms with Gasteiger partial charge in [-0.25, -0.2) is 13.6 Å². The molecule has 5 heterocycles. The zero-order chi connectivity index (χ0) is 44.7. The Balaban J connectivity index is 1.47. The Hall–Kier alpha value is -4.53. The average molecular weight is 861 g/mol. The number of hydrogen-bond donors (Lipinski definition) is 2. The molecule has 4 aliphatic heterocycles. The SMILES string of the molecule is CCc1ccc2[nH]c3c(c2c1)CN(CC)CC(C(C)(F)F)CCC[C@]3(C(=O)OC)c1cc2c(cc1OC)N(C)[C@H]1[C@@](O)(C(=O)OC)[C@H](OC(C)=O)[C@]3(CC)C=CCN4CC[C@]21[C@@H]43. The summed E-state index contributed by atoms with van der Waals surface area (Å²) in [6.45, 7) is 10.5. The first-order valence-electron chi connectivity index (χ1n) is 22.2. The summed E-state index contributed by atoms with van der Waals surface area (Å²) in [7, 11) is 5.94. The molecule has 0 radical (unpaired) electrons. The van der Waals surface area contributed by atoms with Crippen LogP contribution in [-0.2, 0) is 52.4 Å². The number of carbonyl (C=O) groups excluding carboxylic acids is 3. The van der Waals surface area contributed by atoms with E-state index in [1.807, 2.05) is 61.0 Å². The predicted molar refractivity (Wildman–Crippen MR) is 231 cm³/mol. The molecule has 12 nitrogen and oxygen atoms in total. The first-order valence-corrected chi connectivity index (χ1v) is 22.2. The summed E-state index contributed by atoms with van der Waals surface area (Å²) in [5, 5.41) is 14.2. The van der Waals surface area contributed by atoms with E-state index in [0.29, 0.717) is 61.7 Å². The van der Waals surface area contributed by atoms with Crippen LogP contribution < -0.4 is 9.64 Å². The van der Waals surface area contributed by atoms with Crippen LogP contribution >= 0.6 is 0 Å². The molecule has 14 heteroatoms. The van der Waals surface area contributed by atoms with Crippen molar-refractivity contribution in [1.82, 2.24) is 14.8 Å². The van der Waals surface area contributed by atoms with Crippen LogP contribution in [0.2, 0.25) is 0 Å². The Kier molecular flexibility index (Phi) is 11.1. The Morgan fingerprint density at radius 2 is 1.74 bits per heavy atom. The van der Waals surface area contributed by atoms with Crippen molar-refractivity contribution in [2.45, 2.75) is 120 Å². The fourth-order valence-electron chi connectivity index (χ4n) is 13.0. The standard InChI is InChI=1S/C48H62F2N4O8/c1-10-29-16-17-35-31(23-29)32-27-53(12-3)26-30(44(5,49)50)15-13-19-46(38(32)51-35,42(56)60-8)34-24-33-36(25-37(34)59-7)52(6)40-47(33)20-22-54-21-14-18-45(11-2,39(47)54)41(62-28(4)55)48(40,58)43(57)61-9/h14,16-18,23-25,30,39-41,51,58H,10-13,15,19-22,26-27H2,1-9H3/t30?,39-,40+,41+,45+,46-,47+,48-/m0/s1. The van der Waals surface area contributed by atoms with E-state index < -0.39 is 63.7 Å². The lowest BCUT2D eigenvalue weighted by Gasteiger charge is -2.63. The van der Waals surface area contributed by atoms with E-state index in [1.165, 1.54) is 28.3 Å². The molecule has 1 spiro atoms. The summed E-state index contributed by atoms with van der Waals surface area (Å²) >= 11 is 0. The number of carbonyl (C=O) groups is 3. The number of aliphatic hydroxyl groups is 1. The third-order valence-corrected chi connectivity index (χ3v) is 15.7. The fraction of sp³-hybridized carbons (Fsp3) is 0.604. The molecular weight excluding hydrogens is 799 g/mol. The van der Waals surface area contributed by atoms with Crippen LogP contribution in [0.5, 0.6) is 5.75 Å². The van der Waals surface area contributed by atoms with Gasteiger partial charge in [0.1, 0.15) is 11.2 Å². The number of likely N-dealkylation sites (N-methyl/N-ethyl adjacent to an activating group) is 1. The number of hydrogen-bond acceptors (Lipinski definition) is 11. The Labute approximate surface area is 362 Å². The molecule has 0 amide bonds. The number of fused-ring (bicyclic) bond motifs is 4. The van der Waals surface area contributed by atoms with Gasteiger partial charge in [0.2, 0.25) is 11.5 Å². The van der Waals surface area contributed by atoms with Gasteiger partial charge in [-0.05, 0) is 87.0 Å². The predicted octanol–water partition coefficient (Wildman–Crippen LogP) is 6.42. The molecule has 8 atom stereocenters. The monoisotopic (exact) mass is 860 g/mol. The molecular formula is C48H62F2N4O8. The maximum atomic E-state index is 15.5. The van der Waals surface area contributed by atoms with Crippen LogP contribution in [-0.4, -0.2) is 122 Å². The van der Waals surface area contributed by atoms with Gasteiger partial charge in [0, 0.05) is 90.3 Å². The number of methoxy groups -OCH3 is 3. The zero-order valence-corrected chi connectivity index (χ0v) is 37.5. The molecule has 1 saturated heterocycles. The number of aromatic nitrogens is 1. The van der Waals surface area contributed by atoms with Gasteiger partial charge in [-0.15, -0.1) is 0 Å². The topological polar surface area (TPSA) is 134 Å². The highest BCUT2D eigenvalue weighted by Gasteiger charge is 2.80. The molecule has 2 aromatic carbocycles. The van der Waals surface area contributed by atoms with Gasteiger partial charge in [0.25, 0.3) is 0 Å². The summed E-state index contributed by atoms with van der Waals surface area (Å²) < 4.78 is 54.8. The second kappa shape index (κ2) is 15.6. The molecule has 2 fully saturated rings. The summed E-state index contributed by atoms with van der Waals surface area (Å²) in [5.74, 6) is -5.71. The molecule has 5 aliphatic rings. The minimum atomic E-state index is -2.97. The maximum absolute atomic E-state index is 15.5. The van der Waals surface area contributed by atoms with E-state index in [4.69, 9.17) is 18.9 Å². The number of aryl methyl sites for hydroxylation is 1. The van der Waals surface area contributed by atoms with Crippen LogP contribution in [0.15, 0.2) is 42.5 Å². The first-order chi connectivity index (χ1) is 29.5. The van der Waals surface area contributed by atoms with Crippen LogP contribution in [0.25, 0.3) is 10.9 Å². The van der Waals surface area contributed by atoms with Crippen molar-refractivity contribution in [1.29, 1.82) is 0 Å². The number of aromatic amines is 1. The molecule has 1 aromatic heterocycles. The maximum Gasteiger partial charge on any atom is 0.344 e. The van der Waals surface area contributed by atoms with Crippen LogP contribution in [0, 0.1) is 11.3 Å². The number of nitrogens with zero attached hydrogens (tertiary/aromatic N) is 3. The summed E-state index contributed by atoms with van der Waals surface area (Å²) in [5.41, 5.74) is -0.638. The lowest BCUT2D eigenvalue weighted by atomic mass is 9.47. The third-order valence-electron chi connectivity index (χ3n) is 15.7. The zero-order valence-electron chi connectivity index (χ0n) is 37.5. The second-order valence-electron chi connectivity index (χ2n) is 18.4. The number of benzene rings is 2. The van der Waals surface area contributed by atoms with E-state index in [1.54, 1.807) is 0 Å². The van der Waals surface area contributed by atoms with Crippen molar-refractivity contribution >= 4 is 34.5 Å². The number of ether oxygens (including phenoxy) is 4. The van der Waals surface area contributed by atoms with Crippen molar-refractivity contribution in [3.8, 4) is 5.75 Å². The molecule has 2 N–H and O–H groups in total. The van der Waals surface area contributed by atoms with Crippen molar-refractivity contribution in [2.75, 3.05) is 59.5 Å². The number of H-pyrrole nitrogens is 1. The van der Waals surface area contributed by atoms with Gasteiger partial charge in [-0.2, -0.15) is 0 Å². The van der Waals surface area contributed by atoms with Gasteiger partial charge in [-0.1, -0.05) is 45.4 Å². The number of alkyl halides is 2. The number of rotatable bonds is 9. The smallest absolute Gasteiger partial charge is 0.344 e. The van der Waals surface area contributed by atoms with Crippen LogP contribution in [0.1, 0.15) is 94.7 Å². The van der Waals surface area contributed by atoms with Gasteiger partial charge >= 0.3 is 17.9 Å². The van der Waals surface area contributed by atoms with Gasteiger partial charge < -0.3 is 33.9 Å². The first kappa shape index (κ1) is 44.1. The molecule has 0 bridgehead atoms. The normalized spacial score (nSPS) is 32.1. The highest BCUT2D eigenvalue weighted by atomic mass is 19.3. The largest absolute Gasteiger partial charge is 0.496 e. The summed E-state index contributed by atoms with van der Waals surface area (Å²) in [4.78, 5) is 52.7. The second-order valence-corrected chi connectivity index (χ2v) is 18.4. The number of esters is 3. The fourth-order valence-corrected chi connectivity index (χ4v) is 13.0. The average Bonchev–Trinajstić information content (AvgIpc) is 3.91. The van der Waals surface area contributed by atoms with E-state index in [9.17, 15) is 14.7 Å². The van der Waals surface area contributed by atoms with Crippen molar-refractivity contribution in [2.24, 2.45) is 11.3 Å². The molecule has 8 rings (SSSR count). The Bertz CT molecular complexity index is 2310. The molecule has 336 valence electrons. The lowest BCUT2D eigenvalue weighted by Crippen LogP contribution is -2.81. The van der Waals surface area contributed by atoms with E-state index in [-0.39, 0.29) is 31.8 Å². The number of halogens is 2. The summed E-state index contributed by atoms with van der Waals surface area (Å²) in [6.07, 6.45) is 4.97. The highest BCUT2D eigenvalue weighted by molar-refractivity contribution is 5.95. The Morgan fingerprint density at radius 1 is 1.00 bits per heavy atom. The quantitative estimate of drug-likeness (QED) is 0.140. The molecule has 1 aliphatic carbocycles. The van der Waals surface area contributed by atoms with Crippen LogP contribution in [0.4, 0.5) is 14.5 Å².